The standard InChI is InChI=1S/C25H35N5O5/c1-16-3-5-18(6-4-16)12-28-24(19-7-9-26-10-8-19)22(15-32)27-13-23(33)21(14-31)29-25(34)20-11-17(2)35-30-20/h3-6,11,14-15,19,21-24,26-28,33H,7-10,12-13H2,1-2H3,(H,29,34)/t21-,22?,23+,24-/m1/s1. The van der Waals surface area contributed by atoms with Gasteiger partial charge in [-0.3, -0.25) is 4.79 Å². The number of hydrogen-bond acceptors (Lipinski definition) is 9. The summed E-state index contributed by atoms with van der Waals surface area (Å²) in [7, 11) is 0. The van der Waals surface area contributed by atoms with Crippen molar-refractivity contribution in [2.24, 2.45) is 5.92 Å². The summed E-state index contributed by atoms with van der Waals surface area (Å²) < 4.78 is 4.88. The second-order valence-electron chi connectivity index (χ2n) is 9.08. The third-order valence-electron chi connectivity index (χ3n) is 6.37. The van der Waals surface area contributed by atoms with E-state index >= 15 is 0 Å². The van der Waals surface area contributed by atoms with Crippen LogP contribution in [0.4, 0.5) is 0 Å². The van der Waals surface area contributed by atoms with Crippen molar-refractivity contribution < 1.29 is 24.0 Å². The Morgan fingerprint density at radius 1 is 1.14 bits per heavy atom. The minimum Gasteiger partial charge on any atom is -0.389 e. The van der Waals surface area contributed by atoms with E-state index in [0.717, 1.165) is 37.8 Å². The van der Waals surface area contributed by atoms with E-state index in [0.29, 0.717) is 18.6 Å². The van der Waals surface area contributed by atoms with E-state index in [9.17, 15) is 19.5 Å². The Labute approximate surface area is 205 Å². The van der Waals surface area contributed by atoms with Gasteiger partial charge in [-0.1, -0.05) is 35.0 Å². The molecule has 1 unspecified atom stereocenters. The maximum absolute atomic E-state index is 12.3. The number of amides is 1. The number of nitrogens with one attached hydrogen (secondary N) is 4. The third kappa shape index (κ3) is 7.79. The van der Waals surface area contributed by atoms with Crippen LogP contribution in [0.3, 0.4) is 0 Å². The van der Waals surface area contributed by atoms with Gasteiger partial charge in [0.15, 0.2) is 5.69 Å². The highest BCUT2D eigenvalue weighted by Gasteiger charge is 2.31. The first kappa shape index (κ1) is 26.7. The first-order valence-electron chi connectivity index (χ1n) is 12.0. The summed E-state index contributed by atoms with van der Waals surface area (Å²) in [5, 5.41) is 26.6. The average Bonchev–Trinajstić information content (AvgIpc) is 3.32. The van der Waals surface area contributed by atoms with Gasteiger partial charge in [0.05, 0.1) is 12.1 Å². The summed E-state index contributed by atoms with van der Waals surface area (Å²) >= 11 is 0. The molecule has 1 amide bonds. The van der Waals surface area contributed by atoms with Gasteiger partial charge >= 0.3 is 0 Å². The summed E-state index contributed by atoms with van der Waals surface area (Å²) in [6, 6.07) is 7.74. The quantitative estimate of drug-likeness (QED) is 0.252. The highest BCUT2D eigenvalue weighted by atomic mass is 16.5. The molecule has 4 atom stereocenters. The molecule has 5 N–H and O–H groups in total. The molecule has 0 saturated carbocycles. The lowest BCUT2D eigenvalue weighted by Gasteiger charge is -2.35. The number of aliphatic hydroxyl groups is 1. The number of rotatable bonds is 13. The number of aryl methyl sites for hydroxylation is 2. The summed E-state index contributed by atoms with van der Waals surface area (Å²) in [5.41, 5.74) is 2.32. The lowest BCUT2D eigenvalue weighted by molar-refractivity contribution is -0.111. The number of carbonyl (C=O) groups excluding carboxylic acids is 3. The molecule has 3 rings (SSSR count). The fourth-order valence-electron chi connectivity index (χ4n) is 4.30. The molecule has 0 bridgehead atoms. The molecule has 1 saturated heterocycles. The van der Waals surface area contributed by atoms with E-state index in [1.54, 1.807) is 6.92 Å². The maximum atomic E-state index is 12.3. The van der Waals surface area contributed by atoms with Gasteiger partial charge in [0.25, 0.3) is 5.91 Å². The average molecular weight is 486 g/mol. The first-order valence-corrected chi connectivity index (χ1v) is 12.0. The molecule has 2 heterocycles. The lowest BCUT2D eigenvalue weighted by Crippen LogP contribution is -2.57. The van der Waals surface area contributed by atoms with Crippen LogP contribution in [-0.2, 0) is 16.1 Å². The second kappa shape index (κ2) is 13.2. The van der Waals surface area contributed by atoms with E-state index in [1.807, 2.05) is 6.92 Å². The molecule has 1 aliphatic rings. The van der Waals surface area contributed by atoms with Crippen molar-refractivity contribution in [1.82, 2.24) is 26.4 Å². The number of piperidine rings is 1. The molecular formula is C25H35N5O5. The van der Waals surface area contributed by atoms with Crippen molar-refractivity contribution in [1.29, 1.82) is 0 Å². The van der Waals surface area contributed by atoms with Gasteiger partial charge in [-0.25, -0.2) is 0 Å². The fraction of sp³-hybridized carbons (Fsp3) is 0.520. The third-order valence-corrected chi connectivity index (χ3v) is 6.37. The SMILES string of the molecule is Cc1ccc(CN[C@H](C2CCNCC2)C(C=O)NC[C@H](O)[C@@H](C=O)NC(=O)c2cc(C)on2)cc1. The lowest BCUT2D eigenvalue weighted by atomic mass is 9.86. The number of hydrogen-bond donors (Lipinski definition) is 5. The Morgan fingerprint density at radius 2 is 1.83 bits per heavy atom. The molecule has 35 heavy (non-hydrogen) atoms. The van der Waals surface area contributed by atoms with E-state index in [4.69, 9.17) is 4.52 Å². The van der Waals surface area contributed by atoms with Gasteiger partial charge in [0.1, 0.15) is 24.4 Å². The van der Waals surface area contributed by atoms with Gasteiger partial charge in [-0.15, -0.1) is 0 Å². The van der Waals surface area contributed by atoms with Gasteiger partial charge < -0.3 is 40.5 Å². The summed E-state index contributed by atoms with van der Waals surface area (Å²) in [6.07, 6.45) is 1.91. The molecule has 10 nitrogen and oxygen atoms in total. The molecule has 1 aliphatic heterocycles. The predicted octanol–water partition coefficient (Wildman–Crippen LogP) is 0.265. The Morgan fingerprint density at radius 3 is 2.43 bits per heavy atom. The van der Waals surface area contributed by atoms with Gasteiger partial charge in [0.2, 0.25) is 0 Å². The van der Waals surface area contributed by atoms with Crippen LogP contribution < -0.4 is 21.3 Å². The Hall–Kier alpha value is -2.92. The van der Waals surface area contributed by atoms with Crippen LogP contribution in [-0.4, -0.2) is 72.6 Å². The van der Waals surface area contributed by atoms with Crippen LogP contribution in [0.15, 0.2) is 34.9 Å². The van der Waals surface area contributed by atoms with Crippen LogP contribution in [0.25, 0.3) is 0 Å². The maximum Gasteiger partial charge on any atom is 0.274 e. The Bertz CT molecular complexity index is 957. The number of benzene rings is 1. The van der Waals surface area contributed by atoms with E-state index in [2.05, 4.69) is 50.7 Å². The van der Waals surface area contributed by atoms with E-state index in [1.165, 1.54) is 11.6 Å². The molecular weight excluding hydrogens is 450 g/mol. The number of nitrogens with zero attached hydrogens (tertiary/aromatic N) is 1. The number of aromatic nitrogens is 1. The van der Waals surface area contributed by atoms with Gasteiger partial charge in [0, 0.05) is 25.2 Å². The van der Waals surface area contributed by atoms with Crippen molar-refractivity contribution in [2.75, 3.05) is 19.6 Å². The highest BCUT2D eigenvalue weighted by Crippen LogP contribution is 2.19. The number of aldehydes is 2. The smallest absolute Gasteiger partial charge is 0.274 e. The minimum absolute atomic E-state index is 0.0200. The minimum atomic E-state index is -1.24. The van der Waals surface area contributed by atoms with Crippen molar-refractivity contribution in [2.45, 2.75) is 57.5 Å². The van der Waals surface area contributed by atoms with Gasteiger partial charge in [-0.05, 0) is 51.3 Å². The van der Waals surface area contributed by atoms with Crippen LogP contribution >= 0.6 is 0 Å². The molecule has 0 spiro atoms. The molecule has 0 radical (unpaired) electrons. The van der Waals surface area contributed by atoms with Crippen molar-refractivity contribution in [3.05, 3.63) is 52.9 Å². The molecule has 0 aliphatic carbocycles. The topological polar surface area (TPSA) is 146 Å². The molecule has 10 heteroatoms. The zero-order valence-electron chi connectivity index (χ0n) is 20.2. The molecule has 1 fully saturated rings. The van der Waals surface area contributed by atoms with Crippen molar-refractivity contribution >= 4 is 18.5 Å². The summed E-state index contributed by atoms with van der Waals surface area (Å²) in [6.45, 7) is 5.98. The second-order valence-corrected chi connectivity index (χ2v) is 9.08. The highest BCUT2D eigenvalue weighted by molar-refractivity contribution is 5.93. The van der Waals surface area contributed by atoms with Crippen LogP contribution in [0, 0.1) is 19.8 Å². The Balaban J connectivity index is 1.61. The van der Waals surface area contributed by atoms with Crippen LogP contribution in [0.2, 0.25) is 0 Å². The zero-order chi connectivity index (χ0) is 25.2. The summed E-state index contributed by atoms with van der Waals surface area (Å²) in [4.78, 5) is 36.0. The fourth-order valence-corrected chi connectivity index (χ4v) is 4.30. The first-order chi connectivity index (χ1) is 16.9. The van der Waals surface area contributed by atoms with E-state index in [-0.39, 0.29) is 24.2 Å². The van der Waals surface area contributed by atoms with E-state index < -0.39 is 24.1 Å². The molecule has 2 aromatic rings. The predicted molar refractivity (Wildman–Crippen MR) is 130 cm³/mol. The van der Waals surface area contributed by atoms with Crippen LogP contribution in [0.1, 0.15) is 40.2 Å². The number of aliphatic hydroxyl groups excluding tert-OH is 1. The van der Waals surface area contributed by atoms with Crippen molar-refractivity contribution in [3.63, 3.8) is 0 Å². The monoisotopic (exact) mass is 485 g/mol. The Kier molecular flexibility index (Phi) is 10.1. The normalized spacial score (nSPS) is 17.8. The largest absolute Gasteiger partial charge is 0.389 e. The van der Waals surface area contributed by atoms with Crippen LogP contribution in [0.5, 0.6) is 0 Å². The van der Waals surface area contributed by atoms with Crippen molar-refractivity contribution in [3.8, 4) is 0 Å². The zero-order valence-corrected chi connectivity index (χ0v) is 20.2. The van der Waals surface area contributed by atoms with Gasteiger partial charge in [-0.2, -0.15) is 0 Å². The number of carbonyl (C=O) groups is 3. The molecule has 1 aromatic heterocycles. The summed E-state index contributed by atoms with van der Waals surface area (Å²) in [5.74, 6) is 0.0896. The molecule has 1 aromatic carbocycles. The molecule has 190 valence electrons.